The molecule has 16 heavy (non-hydrogen) atoms. The summed E-state index contributed by atoms with van der Waals surface area (Å²) in [5.74, 6) is 1.19. The Morgan fingerprint density at radius 1 is 1.62 bits per heavy atom. The highest BCUT2D eigenvalue weighted by atomic mass is 16.5. The molecule has 1 aromatic heterocycles. The first kappa shape index (κ1) is 12.7. The number of ether oxygens (including phenoxy) is 1. The van der Waals surface area contributed by atoms with E-state index in [1.165, 1.54) is 7.11 Å². The van der Waals surface area contributed by atoms with Crippen LogP contribution in [0.25, 0.3) is 0 Å². The molecule has 0 spiro atoms. The molecule has 2 atom stereocenters. The van der Waals surface area contributed by atoms with E-state index in [0.29, 0.717) is 12.3 Å². The fourth-order valence-electron chi connectivity index (χ4n) is 1.46. The second-order valence-corrected chi connectivity index (χ2v) is 3.88. The van der Waals surface area contributed by atoms with Crippen molar-refractivity contribution in [2.45, 2.75) is 39.3 Å². The van der Waals surface area contributed by atoms with Crippen LogP contribution in [0, 0.1) is 6.92 Å². The van der Waals surface area contributed by atoms with E-state index in [1.807, 2.05) is 20.8 Å². The summed E-state index contributed by atoms with van der Waals surface area (Å²) in [6, 6.07) is 0.00279. The number of oxazole rings is 1. The van der Waals surface area contributed by atoms with Crippen LogP contribution in [0.1, 0.15) is 38.0 Å². The molecule has 0 aliphatic heterocycles. The van der Waals surface area contributed by atoms with Gasteiger partial charge in [-0.05, 0) is 20.8 Å². The normalized spacial score (nSPS) is 14.5. The van der Waals surface area contributed by atoms with E-state index >= 15 is 0 Å². The Bertz CT molecular complexity index is 349. The largest absolute Gasteiger partial charge is 0.469 e. The molecular formula is C11H18N2O3. The summed E-state index contributed by atoms with van der Waals surface area (Å²) in [6.45, 7) is 5.71. The average molecular weight is 226 g/mol. The fraction of sp³-hybridized carbons (Fsp3) is 0.636. The molecule has 2 unspecified atom stereocenters. The third kappa shape index (κ3) is 3.66. The Hall–Kier alpha value is -1.36. The summed E-state index contributed by atoms with van der Waals surface area (Å²) < 4.78 is 9.98. The highest BCUT2D eigenvalue weighted by Gasteiger charge is 2.16. The maximum absolute atomic E-state index is 11.0. The number of aromatic nitrogens is 1. The van der Waals surface area contributed by atoms with Crippen molar-refractivity contribution in [1.29, 1.82) is 0 Å². The zero-order valence-corrected chi connectivity index (χ0v) is 10.1. The first-order chi connectivity index (χ1) is 7.52. The van der Waals surface area contributed by atoms with Gasteiger partial charge in [-0.3, -0.25) is 4.79 Å². The van der Waals surface area contributed by atoms with Crippen molar-refractivity contribution >= 4 is 5.97 Å². The van der Waals surface area contributed by atoms with E-state index in [-0.39, 0.29) is 18.1 Å². The van der Waals surface area contributed by atoms with Crippen molar-refractivity contribution in [2.24, 2.45) is 0 Å². The van der Waals surface area contributed by atoms with Crippen molar-refractivity contribution in [2.75, 3.05) is 7.11 Å². The van der Waals surface area contributed by atoms with Crippen molar-refractivity contribution in [3.8, 4) is 0 Å². The molecule has 1 rings (SSSR count). The standard InChI is InChI=1S/C11H18N2O3/c1-7(5-10(14)15-4)13-9(3)11-12-6-8(2)16-11/h6-7,9,13H,5H2,1-4H3. The predicted molar refractivity (Wildman–Crippen MR) is 58.9 cm³/mol. The molecular weight excluding hydrogens is 208 g/mol. The van der Waals surface area contributed by atoms with Gasteiger partial charge in [0.1, 0.15) is 5.76 Å². The van der Waals surface area contributed by atoms with E-state index in [2.05, 4.69) is 15.0 Å². The van der Waals surface area contributed by atoms with Gasteiger partial charge in [0, 0.05) is 6.04 Å². The minimum atomic E-state index is -0.226. The third-order valence-electron chi connectivity index (χ3n) is 2.24. The number of carbonyl (C=O) groups excluding carboxylic acids is 1. The Morgan fingerprint density at radius 3 is 2.81 bits per heavy atom. The molecule has 0 aliphatic rings. The highest BCUT2D eigenvalue weighted by Crippen LogP contribution is 2.13. The zero-order valence-electron chi connectivity index (χ0n) is 10.1. The van der Waals surface area contributed by atoms with Crippen LogP contribution >= 0.6 is 0 Å². The highest BCUT2D eigenvalue weighted by molar-refractivity contribution is 5.69. The van der Waals surface area contributed by atoms with Gasteiger partial charge >= 0.3 is 5.97 Å². The molecule has 0 radical (unpaired) electrons. The maximum atomic E-state index is 11.0. The van der Waals surface area contributed by atoms with Gasteiger partial charge in [-0.15, -0.1) is 0 Å². The molecule has 1 aromatic rings. The lowest BCUT2D eigenvalue weighted by atomic mass is 10.2. The lowest BCUT2D eigenvalue weighted by molar-refractivity contribution is -0.141. The lowest BCUT2D eigenvalue weighted by Gasteiger charge is -2.16. The number of esters is 1. The van der Waals surface area contributed by atoms with Gasteiger partial charge in [-0.2, -0.15) is 0 Å². The van der Waals surface area contributed by atoms with Gasteiger partial charge in [0.05, 0.1) is 25.8 Å². The number of hydrogen-bond donors (Lipinski definition) is 1. The van der Waals surface area contributed by atoms with E-state index in [4.69, 9.17) is 4.42 Å². The summed E-state index contributed by atoms with van der Waals surface area (Å²) in [4.78, 5) is 15.2. The van der Waals surface area contributed by atoms with Crippen molar-refractivity contribution in [1.82, 2.24) is 10.3 Å². The molecule has 1 N–H and O–H groups in total. The van der Waals surface area contributed by atoms with E-state index in [0.717, 1.165) is 5.76 Å². The summed E-state index contributed by atoms with van der Waals surface area (Å²) in [5, 5.41) is 3.22. The van der Waals surface area contributed by atoms with Crippen molar-refractivity contribution < 1.29 is 13.9 Å². The minimum absolute atomic E-state index is 0.0200. The molecule has 0 saturated heterocycles. The number of rotatable bonds is 5. The Morgan fingerprint density at radius 2 is 2.31 bits per heavy atom. The zero-order chi connectivity index (χ0) is 12.1. The summed E-state index contributed by atoms with van der Waals surface area (Å²) in [5.41, 5.74) is 0. The van der Waals surface area contributed by atoms with Crippen LogP contribution in [0.5, 0.6) is 0 Å². The van der Waals surface area contributed by atoms with E-state index in [1.54, 1.807) is 6.20 Å². The monoisotopic (exact) mass is 226 g/mol. The van der Waals surface area contributed by atoms with Crippen LogP contribution < -0.4 is 5.32 Å². The van der Waals surface area contributed by atoms with Gasteiger partial charge in [0.25, 0.3) is 0 Å². The van der Waals surface area contributed by atoms with E-state index < -0.39 is 0 Å². The topological polar surface area (TPSA) is 64.4 Å². The van der Waals surface area contributed by atoms with Crippen LogP contribution in [-0.4, -0.2) is 24.1 Å². The fourth-order valence-corrected chi connectivity index (χ4v) is 1.46. The number of carbonyl (C=O) groups is 1. The SMILES string of the molecule is COC(=O)CC(C)NC(C)c1ncc(C)o1. The quantitative estimate of drug-likeness (QED) is 0.772. The number of aryl methyl sites for hydroxylation is 1. The van der Waals surface area contributed by atoms with Crippen molar-refractivity contribution in [3.05, 3.63) is 17.8 Å². The van der Waals surface area contributed by atoms with Crippen LogP contribution in [0.15, 0.2) is 10.6 Å². The van der Waals surface area contributed by atoms with Crippen molar-refractivity contribution in [3.63, 3.8) is 0 Å². The summed E-state index contributed by atoms with van der Waals surface area (Å²) >= 11 is 0. The lowest BCUT2D eigenvalue weighted by Crippen LogP contribution is -2.31. The Labute approximate surface area is 95.2 Å². The number of nitrogens with zero attached hydrogens (tertiary/aromatic N) is 1. The van der Waals surface area contributed by atoms with Gasteiger partial charge in [-0.25, -0.2) is 4.98 Å². The first-order valence-corrected chi connectivity index (χ1v) is 5.28. The number of nitrogens with one attached hydrogen (secondary N) is 1. The molecule has 0 bridgehead atoms. The van der Waals surface area contributed by atoms with Crippen LogP contribution in [0.4, 0.5) is 0 Å². The molecule has 90 valence electrons. The minimum Gasteiger partial charge on any atom is -0.469 e. The van der Waals surface area contributed by atoms with Gasteiger partial charge in [-0.1, -0.05) is 0 Å². The van der Waals surface area contributed by atoms with Crippen LogP contribution in [0.2, 0.25) is 0 Å². The molecule has 5 nitrogen and oxygen atoms in total. The molecule has 0 amide bonds. The molecule has 0 aliphatic carbocycles. The third-order valence-corrected chi connectivity index (χ3v) is 2.24. The Kier molecular flexibility index (Phi) is 4.49. The maximum Gasteiger partial charge on any atom is 0.307 e. The molecule has 1 heterocycles. The summed E-state index contributed by atoms with van der Waals surface area (Å²) in [7, 11) is 1.38. The Balaban J connectivity index is 2.45. The predicted octanol–water partition coefficient (Wildman–Crippen LogP) is 1.59. The average Bonchev–Trinajstić information content (AvgIpc) is 2.64. The summed E-state index contributed by atoms with van der Waals surface area (Å²) in [6.07, 6.45) is 2.01. The first-order valence-electron chi connectivity index (χ1n) is 5.28. The molecule has 5 heteroatoms. The van der Waals surface area contributed by atoms with Gasteiger partial charge < -0.3 is 14.5 Å². The molecule has 0 fully saturated rings. The van der Waals surface area contributed by atoms with Crippen LogP contribution in [-0.2, 0) is 9.53 Å². The van der Waals surface area contributed by atoms with Gasteiger partial charge in [0.15, 0.2) is 0 Å². The van der Waals surface area contributed by atoms with Crippen LogP contribution in [0.3, 0.4) is 0 Å². The van der Waals surface area contributed by atoms with E-state index in [9.17, 15) is 4.79 Å². The number of methoxy groups -OCH3 is 1. The molecule has 0 aromatic carbocycles. The smallest absolute Gasteiger partial charge is 0.307 e. The molecule has 0 saturated carbocycles. The second kappa shape index (κ2) is 5.65. The second-order valence-electron chi connectivity index (χ2n) is 3.88. The number of hydrogen-bond acceptors (Lipinski definition) is 5. The van der Waals surface area contributed by atoms with Gasteiger partial charge in [0.2, 0.25) is 5.89 Å².